The number of ketones is 1. The minimum absolute atomic E-state index is 0. The van der Waals surface area contributed by atoms with Crippen LogP contribution in [0.1, 0.15) is 53.2 Å². The number of benzene rings is 4. The maximum atomic E-state index is 14.1. The Morgan fingerprint density at radius 3 is 2.31 bits per heavy atom. The maximum Gasteiger partial charge on any atom is 0.303 e. The number of ether oxygens (including phenoxy) is 2. The molecule has 0 unspecified atom stereocenters. The smallest absolute Gasteiger partial charge is 0.303 e. The van der Waals surface area contributed by atoms with Gasteiger partial charge in [-0.15, -0.1) is 12.4 Å². The molecule has 2 N–H and O–H groups in total. The normalized spacial score (nSPS) is 13.1. The summed E-state index contributed by atoms with van der Waals surface area (Å²) < 4.78 is 13.9. The Balaban J connectivity index is 0.00000523. The second kappa shape index (κ2) is 18.5. The third-order valence-electron chi connectivity index (χ3n) is 9.65. The number of aryl methyl sites for hydroxylation is 2. The molecule has 0 spiro atoms. The molecule has 1 aliphatic heterocycles. The number of hydrogen-bond donors (Lipinski definition) is 2. The van der Waals surface area contributed by atoms with Crippen molar-refractivity contribution in [1.29, 1.82) is 0 Å². The molecule has 0 bridgehead atoms. The Bertz CT molecular complexity index is 1940. The van der Waals surface area contributed by atoms with Crippen molar-refractivity contribution in [2.45, 2.75) is 45.7 Å². The molecule has 52 heavy (non-hydrogen) atoms. The Hall–Kier alpha value is -4.99. The molecule has 1 aromatic heterocycles. The Labute approximate surface area is 312 Å². The molecular weight excluding hydrogens is 676 g/mol. The van der Waals surface area contributed by atoms with Crippen LogP contribution in [0.2, 0.25) is 0 Å². The first-order chi connectivity index (χ1) is 24.9. The van der Waals surface area contributed by atoms with Crippen LogP contribution in [-0.2, 0) is 24.3 Å². The van der Waals surface area contributed by atoms with Crippen LogP contribution in [0, 0.1) is 0 Å². The van der Waals surface area contributed by atoms with Crippen LogP contribution in [0.4, 0.5) is 11.4 Å². The summed E-state index contributed by atoms with van der Waals surface area (Å²) in [5.41, 5.74) is 6.43. The number of anilines is 2. The third-order valence-corrected chi connectivity index (χ3v) is 9.65. The van der Waals surface area contributed by atoms with Crippen molar-refractivity contribution < 1.29 is 24.2 Å². The molecule has 0 radical (unpaired) electrons. The molecule has 9 nitrogen and oxygen atoms in total. The molecule has 274 valence electrons. The van der Waals surface area contributed by atoms with Crippen LogP contribution < -0.4 is 19.7 Å². The summed E-state index contributed by atoms with van der Waals surface area (Å²) in [6.07, 6.45) is 4.30. The SMILES string of the molecule is CCc1ccc(CNc2cc(C(=O)c3cn(CCCC(=O)O)c4ccccc34)ccc2OCCCN2CCN(c3ccccc3OC)CC2)cc1.Cl. The van der Waals surface area contributed by atoms with E-state index in [4.69, 9.17) is 14.6 Å². The zero-order chi connectivity index (χ0) is 35.6. The summed E-state index contributed by atoms with van der Waals surface area (Å²) in [4.78, 5) is 30.1. The number of piperazine rings is 1. The van der Waals surface area contributed by atoms with Gasteiger partial charge in [0.15, 0.2) is 5.78 Å². The van der Waals surface area contributed by atoms with E-state index in [2.05, 4.69) is 58.4 Å². The van der Waals surface area contributed by atoms with Crippen molar-refractivity contribution in [2.75, 3.05) is 56.7 Å². The first kappa shape index (κ1) is 38.2. The van der Waals surface area contributed by atoms with Crippen molar-refractivity contribution >= 4 is 46.4 Å². The van der Waals surface area contributed by atoms with Gasteiger partial charge in [0.1, 0.15) is 11.5 Å². The number of carbonyl (C=O) groups excluding carboxylic acids is 1. The van der Waals surface area contributed by atoms with E-state index in [1.54, 1.807) is 7.11 Å². The molecule has 4 aromatic carbocycles. The molecular formula is C42H49ClN4O5. The van der Waals surface area contributed by atoms with Crippen LogP contribution >= 0.6 is 12.4 Å². The van der Waals surface area contributed by atoms with Crippen LogP contribution in [0.3, 0.4) is 0 Å². The van der Waals surface area contributed by atoms with Crippen molar-refractivity contribution in [3.8, 4) is 11.5 Å². The van der Waals surface area contributed by atoms with Gasteiger partial charge in [-0.3, -0.25) is 14.5 Å². The lowest BCUT2D eigenvalue weighted by Crippen LogP contribution is -2.46. The molecule has 0 saturated carbocycles. The number of carboxylic acid groups (broad SMARTS) is 1. The van der Waals surface area contributed by atoms with Gasteiger partial charge in [-0.2, -0.15) is 0 Å². The number of aromatic nitrogens is 1. The summed E-state index contributed by atoms with van der Waals surface area (Å²) in [5, 5.41) is 13.5. The van der Waals surface area contributed by atoms with E-state index in [0.29, 0.717) is 43.0 Å². The van der Waals surface area contributed by atoms with E-state index in [0.717, 1.165) is 79.2 Å². The van der Waals surface area contributed by atoms with E-state index in [-0.39, 0.29) is 24.6 Å². The van der Waals surface area contributed by atoms with Gasteiger partial charge in [-0.1, -0.05) is 61.5 Å². The van der Waals surface area contributed by atoms with Gasteiger partial charge in [0.2, 0.25) is 0 Å². The highest BCUT2D eigenvalue weighted by molar-refractivity contribution is 6.16. The number of carbonyl (C=O) groups is 2. The highest BCUT2D eigenvalue weighted by atomic mass is 35.5. The van der Waals surface area contributed by atoms with Crippen molar-refractivity contribution in [2.24, 2.45) is 0 Å². The second-order valence-corrected chi connectivity index (χ2v) is 13.0. The summed E-state index contributed by atoms with van der Waals surface area (Å²) >= 11 is 0. The fraction of sp³-hybridized carbons (Fsp3) is 0.333. The van der Waals surface area contributed by atoms with Gasteiger partial charge in [0, 0.05) is 80.5 Å². The van der Waals surface area contributed by atoms with Gasteiger partial charge in [-0.25, -0.2) is 0 Å². The first-order valence-electron chi connectivity index (χ1n) is 18.0. The highest BCUT2D eigenvalue weighted by Crippen LogP contribution is 2.31. The van der Waals surface area contributed by atoms with Crippen molar-refractivity contribution in [3.63, 3.8) is 0 Å². The number of aliphatic carboxylic acids is 1. The topological polar surface area (TPSA) is 96.3 Å². The number of halogens is 1. The molecule has 0 aliphatic carbocycles. The molecule has 0 amide bonds. The summed E-state index contributed by atoms with van der Waals surface area (Å²) in [6, 6.07) is 30.2. The lowest BCUT2D eigenvalue weighted by molar-refractivity contribution is -0.137. The molecule has 2 heterocycles. The van der Waals surface area contributed by atoms with Gasteiger partial charge >= 0.3 is 5.97 Å². The molecule has 1 fully saturated rings. The fourth-order valence-electron chi connectivity index (χ4n) is 6.77. The number of nitrogens with one attached hydrogen (secondary N) is 1. The quantitative estimate of drug-likeness (QED) is 0.0738. The van der Waals surface area contributed by atoms with Gasteiger partial charge in [0.05, 0.1) is 25.1 Å². The van der Waals surface area contributed by atoms with Crippen LogP contribution in [0.15, 0.2) is 97.2 Å². The zero-order valence-corrected chi connectivity index (χ0v) is 30.9. The third kappa shape index (κ3) is 9.46. The summed E-state index contributed by atoms with van der Waals surface area (Å²) in [6.45, 7) is 8.63. The largest absolute Gasteiger partial charge is 0.495 e. The second-order valence-electron chi connectivity index (χ2n) is 13.0. The lowest BCUT2D eigenvalue weighted by Gasteiger charge is -2.36. The Morgan fingerprint density at radius 2 is 1.56 bits per heavy atom. The number of hydrogen-bond acceptors (Lipinski definition) is 7. The van der Waals surface area contributed by atoms with Crippen LogP contribution in [0.25, 0.3) is 10.9 Å². The summed E-state index contributed by atoms with van der Waals surface area (Å²) in [7, 11) is 1.72. The Kier molecular flexibility index (Phi) is 13.6. The number of carboxylic acids is 1. The van der Waals surface area contributed by atoms with Crippen LogP contribution in [-0.4, -0.2) is 72.8 Å². The highest BCUT2D eigenvalue weighted by Gasteiger charge is 2.21. The number of nitrogens with zero attached hydrogens (tertiary/aromatic N) is 3. The predicted molar refractivity (Wildman–Crippen MR) is 211 cm³/mol. The average molecular weight is 725 g/mol. The van der Waals surface area contributed by atoms with Gasteiger partial charge in [-0.05, 0) is 66.8 Å². The van der Waals surface area contributed by atoms with Crippen molar-refractivity contribution in [1.82, 2.24) is 9.47 Å². The molecule has 5 aromatic rings. The van der Waals surface area contributed by atoms with E-state index in [1.165, 1.54) is 5.56 Å². The molecule has 1 saturated heterocycles. The average Bonchev–Trinajstić information content (AvgIpc) is 3.54. The van der Waals surface area contributed by atoms with E-state index < -0.39 is 5.97 Å². The monoisotopic (exact) mass is 724 g/mol. The first-order valence-corrected chi connectivity index (χ1v) is 18.0. The molecule has 10 heteroatoms. The number of para-hydroxylation sites is 3. The zero-order valence-electron chi connectivity index (χ0n) is 30.1. The minimum atomic E-state index is -0.825. The summed E-state index contributed by atoms with van der Waals surface area (Å²) in [5.74, 6) is 0.717. The number of methoxy groups -OCH3 is 1. The van der Waals surface area contributed by atoms with Crippen molar-refractivity contribution in [3.05, 3.63) is 119 Å². The van der Waals surface area contributed by atoms with Gasteiger partial charge in [0.25, 0.3) is 0 Å². The molecule has 0 atom stereocenters. The number of fused-ring (bicyclic) bond motifs is 1. The van der Waals surface area contributed by atoms with E-state index >= 15 is 0 Å². The fourth-order valence-corrected chi connectivity index (χ4v) is 6.77. The van der Waals surface area contributed by atoms with E-state index in [1.807, 2.05) is 65.4 Å². The molecule has 6 rings (SSSR count). The predicted octanol–water partition coefficient (Wildman–Crippen LogP) is 7.93. The maximum absolute atomic E-state index is 14.1. The lowest BCUT2D eigenvalue weighted by atomic mass is 10.0. The minimum Gasteiger partial charge on any atom is -0.495 e. The number of rotatable bonds is 17. The van der Waals surface area contributed by atoms with Crippen LogP contribution in [0.5, 0.6) is 11.5 Å². The standard InChI is InChI=1S/C42H48N4O5.ClH/c1-3-31-15-17-32(18-16-31)29-43-36-28-33(42(49)35-30-46(22-8-14-41(47)48)37-11-5-4-10-34(35)37)19-20-39(36)51-27-9-21-44-23-25-45(26-24-44)38-12-6-7-13-40(38)50-2;/h4-7,10-13,15-20,28,30,43H,3,8-9,14,21-27,29H2,1-2H3,(H,47,48);1H. The Morgan fingerprint density at radius 1 is 0.827 bits per heavy atom. The molecule has 1 aliphatic rings. The van der Waals surface area contributed by atoms with E-state index in [9.17, 15) is 9.59 Å². The van der Waals surface area contributed by atoms with Gasteiger partial charge < -0.3 is 29.4 Å².